The van der Waals surface area contributed by atoms with Crippen LogP contribution in [0, 0.1) is 5.92 Å². The van der Waals surface area contributed by atoms with Crippen molar-refractivity contribution in [2.24, 2.45) is 5.92 Å². The predicted octanol–water partition coefficient (Wildman–Crippen LogP) is 3.26. The first kappa shape index (κ1) is 12.8. The number of aliphatic hydroxyl groups is 1. The van der Waals surface area contributed by atoms with Crippen molar-refractivity contribution in [2.45, 2.75) is 25.4 Å². The van der Waals surface area contributed by atoms with Gasteiger partial charge in [-0.15, -0.1) is 0 Å². The summed E-state index contributed by atoms with van der Waals surface area (Å²) in [5.74, 6) is 3.94. The molecule has 1 atom stereocenters. The number of methoxy groups -OCH3 is 1. The molecule has 94 valence electrons. The fraction of sp³-hybridized carbons (Fsp3) is 0.571. The zero-order valence-corrected chi connectivity index (χ0v) is 11.1. The lowest BCUT2D eigenvalue weighted by Gasteiger charge is -2.24. The number of aliphatic hydroxyl groups excluding tert-OH is 1. The first-order valence-corrected chi connectivity index (χ1v) is 7.35. The van der Waals surface area contributed by atoms with Crippen LogP contribution in [0.25, 0.3) is 0 Å². The summed E-state index contributed by atoms with van der Waals surface area (Å²) >= 11 is 2.02. The van der Waals surface area contributed by atoms with Crippen molar-refractivity contribution in [3.63, 3.8) is 0 Å². The minimum Gasteiger partial charge on any atom is -0.496 e. The summed E-state index contributed by atoms with van der Waals surface area (Å²) < 4.78 is 5.29. The number of hydrogen-bond donors (Lipinski definition) is 1. The fourth-order valence-electron chi connectivity index (χ4n) is 2.37. The molecule has 0 aliphatic carbocycles. The van der Waals surface area contributed by atoms with Gasteiger partial charge in [-0.05, 0) is 42.8 Å². The summed E-state index contributed by atoms with van der Waals surface area (Å²) in [7, 11) is 1.66. The van der Waals surface area contributed by atoms with Crippen molar-refractivity contribution in [1.29, 1.82) is 0 Å². The molecule has 1 fully saturated rings. The van der Waals surface area contributed by atoms with Crippen LogP contribution in [0.1, 0.15) is 30.9 Å². The monoisotopic (exact) mass is 252 g/mol. The molecule has 2 nitrogen and oxygen atoms in total. The van der Waals surface area contributed by atoms with Crippen LogP contribution in [0.5, 0.6) is 5.75 Å². The molecule has 1 aliphatic heterocycles. The molecule has 1 N–H and O–H groups in total. The molecule has 1 heterocycles. The molecule has 17 heavy (non-hydrogen) atoms. The largest absolute Gasteiger partial charge is 0.496 e. The molecule has 1 aromatic rings. The molecule has 0 amide bonds. The van der Waals surface area contributed by atoms with Crippen LogP contribution in [0.3, 0.4) is 0 Å². The zero-order chi connectivity index (χ0) is 12.1. The van der Waals surface area contributed by atoms with E-state index < -0.39 is 0 Å². The number of benzene rings is 1. The summed E-state index contributed by atoms with van der Waals surface area (Å²) in [4.78, 5) is 0. The highest BCUT2D eigenvalue weighted by molar-refractivity contribution is 7.99. The first-order valence-electron chi connectivity index (χ1n) is 6.20. The zero-order valence-electron chi connectivity index (χ0n) is 10.3. The van der Waals surface area contributed by atoms with Gasteiger partial charge in [0.15, 0.2) is 0 Å². The van der Waals surface area contributed by atoms with Gasteiger partial charge in [0.1, 0.15) is 5.75 Å². The predicted molar refractivity (Wildman–Crippen MR) is 72.6 cm³/mol. The quantitative estimate of drug-likeness (QED) is 0.892. The van der Waals surface area contributed by atoms with E-state index in [9.17, 15) is 5.11 Å². The maximum atomic E-state index is 10.3. The van der Waals surface area contributed by atoms with E-state index in [1.807, 2.05) is 36.0 Å². The molecule has 1 unspecified atom stereocenters. The Balaban J connectivity index is 2.00. The van der Waals surface area contributed by atoms with Crippen LogP contribution in [0.15, 0.2) is 24.3 Å². The molecule has 2 rings (SSSR count). The van der Waals surface area contributed by atoms with Crippen LogP contribution in [-0.2, 0) is 0 Å². The van der Waals surface area contributed by atoms with E-state index in [0.29, 0.717) is 5.92 Å². The van der Waals surface area contributed by atoms with Crippen molar-refractivity contribution in [2.75, 3.05) is 18.6 Å². The second kappa shape index (κ2) is 6.31. The van der Waals surface area contributed by atoms with Gasteiger partial charge in [-0.25, -0.2) is 0 Å². The van der Waals surface area contributed by atoms with Crippen molar-refractivity contribution >= 4 is 11.8 Å². The smallest absolute Gasteiger partial charge is 0.124 e. The summed E-state index contributed by atoms with van der Waals surface area (Å²) in [6, 6.07) is 7.76. The number of thioether (sulfide) groups is 1. The van der Waals surface area contributed by atoms with E-state index in [4.69, 9.17) is 4.74 Å². The van der Waals surface area contributed by atoms with Crippen LogP contribution >= 0.6 is 11.8 Å². The number of hydrogen-bond acceptors (Lipinski definition) is 3. The van der Waals surface area contributed by atoms with Gasteiger partial charge in [-0.1, -0.05) is 18.2 Å². The van der Waals surface area contributed by atoms with Crippen LogP contribution < -0.4 is 4.74 Å². The molecule has 0 bridgehead atoms. The lowest BCUT2D eigenvalue weighted by Crippen LogP contribution is -2.13. The van der Waals surface area contributed by atoms with Gasteiger partial charge in [-0.3, -0.25) is 0 Å². The normalized spacial score (nSPS) is 18.9. The van der Waals surface area contributed by atoms with Gasteiger partial charge in [-0.2, -0.15) is 11.8 Å². The molecule has 3 heteroatoms. The maximum Gasteiger partial charge on any atom is 0.124 e. The van der Waals surface area contributed by atoms with Gasteiger partial charge in [0.25, 0.3) is 0 Å². The molecular weight excluding hydrogens is 232 g/mol. The van der Waals surface area contributed by atoms with Gasteiger partial charge in [0, 0.05) is 5.56 Å². The summed E-state index contributed by atoms with van der Waals surface area (Å²) in [6.07, 6.45) is 2.94. The number of rotatable bonds is 4. The highest BCUT2D eigenvalue weighted by Crippen LogP contribution is 2.34. The van der Waals surface area contributed by atoms with Gasteiger partial charge < -0.3 is 9.84 Å². The van der Waals surface area contributed by atoms with Crippen molar-refractivity contribution < 1.29 is 9.84 Å². The second-order valence-electron chi connectivity index (χ2n) is 4.55. The Morgan fingerprint density at radius 2 is 2.06 bits per heavy atom. The topological polar surface area (TPSA) is 29.5 Å². The summed E-state index contributed by atoms with van der Waals surface area (Å²) in [5, 5.41) is 10.3. The molecule has 1 aliphatic rings. The van der Waals surface area contributed by atoms with E-state index in [2.05, 4.69) is 0 Å². The standard InChI is InChI=1S/C14H20O2S/c1-16-14-5-3-2-4-12(14)13(15)10-11-6-8-17-9-7-11/h2-5,11,13,15H,6-10H2,1H3. The Labute approximate surface area is 107 Å². The van der Waals surface area contributed by atoms with Crippen LogP contribution in [0.4, 0.5) is 0 Å². The minimum absolute atomic E-state index is 0.390. The van der Waals surface area contributed by atoms with E-state index >= 15 is 0 Å². The molecule has 0 saturated carbocycles. The molecule has 0 aromatic heterocycles. The molecule has 1 aromatic carbocycles. The third-order valence-electron chi connectivity index (χ3n) is 3.40. The van der Waals surface area contributed by atoms with Crippen molar-refractivity contribution in [1.82, 2.24) is 0 Å². The van der Waals surface area contributed by atoms with Gasteiger partial charge in [0.05, 0.1) is 13.2 Å². The third-order valence-corrected chi connectivity index (χ3v) is 4.44. The Kier molecular flexibility index (Phi) is 4.75. The van der Waals surface area contributed by atoms with E-state index in [-0.39, 0.29) is 6.10 Å². The SMILES string of the molecule is COc1ccccc1C(O)CC1CCSCC1. The highest BCUT2D eigenvalue weighted by Gasteiger charge is 2.20. The fourth-order valence-corrected chi connectivity index (χ4v) is 3.57. The minimum atomic E-state index is -0.390. The van der Waals surface area contributed by atoms with Gasteiger partial charge >= 0.3 is 0 Å². The molecular formula is C14H20O2S. The highest BCUT2D eigenvalue weighted by atomic mass is 32.2. The number of para-hydroxylation sites is 1. The molecule has 0 radical (unpaired) electrons. The summed E-state index contributed by atoms with van der Waals surface area (Å²) in [5.41, 5.74) is 0.924. The molecule has 0 spiro atoms. The Hall–Kier alpha value is -0.670. The van der Waals surface area contributed by atoms with Crippen LogP contribution in [0.2, 0.25) is 0 Å². The first-order chi connectivity index (χ1) is 8.31. The van der Waals surface area contributed by atoms with Crippen molar-refractivity contribution in [3.8, 4) is 5.75 Å². The molecule has 1 saturated heterocycles. The van der Waals surface area contributed by atoms with Gasteiger partial charge in [0.2, 0.25) is 0 Å². The maximum absolute atomic E-state index is 10.3. The Bertz CT molecular complexity index is 348. The van der Waals surface area contributed by atoms with E-state index in [1.54, 1.807) is 7.11 Å². The lowest BCUT2D eigenvalue weighted by atomic mass is 9.92. The second-order valence-corrected chi connectivity index (χ2v) is 5.77. The Morgan fingerprint density at radius 1 is 1.35 bits per heavy atom. The van der Waals surface area contributed by atoms with Crippen LogP contribution in [-0.4, -0.2) is 23.7 Å². The Morgan fingerprint density at radius 3 is 2.76 bits per heavy atom. The third kappa shape index (κ3) is 3.39. The summed E-state index contributed by atoms with van der Waals surface area (Å²) in [6.45, 7) is 0. The van der Waals surface area contributed by atoms with Crippen molar-refractivity contribution in [3.05, 3.63) is 29.8 Å². The van der Waals surface area contributed by atoms with E-state index in [1.165, 1.54) is 24.3 Å². The average molecular weight is 252 g/mol. The lowest BCUT2D eigenvalue weighted by molar-refractivity contribution is 0.138. The average Bonchev–Trinajstić information content (AvgIpc) is 2.40. The number of ether oxygens (including phenoxy) is 1. The van der Waals surface area contributed by atoms with E-state index in [0.717, 1.165) is 17.7 Å².